The standard InChI is InChI=1S/C22H34O3S/c1-20(2)8-6-9-21(3)17(20)7-10-22(4)18(21)13-26(24)16-12-14(25-5)11-15(23)19(16)22/h11-12,16-19,23H,6-10,13H2,1-5H3/t16?,17-,18+,19?,21-,22+,26?/m0/s1. The Hall–Kier alpha value is -0.770. The predicted molar refractivity (Wildman–Crippen MR) is 106 cm³/mol. The van der Waals surface area contributed by atoms with Crippen molar-refractivity contribution in [2.45, 2.75) is 65.0 Å². The Morgan fingerprint density at radius 1 is 1.12 bits per heavy atom. The van der Waals surface area contributed by atoms with Crippen LogP contribution in [-0.4, -0.2) is 27.4 Å². The Morgan fingerprint density at radius 3 is 2.54 bits per heavy atom. The van der Waals surface area contributed by atoms with Crippen molar-refractivity contribution in [2.75, 3.05) is 12.9 Å². The summed E-state index contributed by atoms with van der Waals surface area (Å²) in [5, 5.41) is 10.8. The largest absolute Gasteiger partial charge is 0.512 e. The number of aliphatic hydroxyl groups excluding tert-OH is 1. The molecule has 0 spiro atoms. The molecule has 0 amide bonds. The van der Waals surface area contributed by atoms with Gasteiger partial charge in [0.25, 0.3) is 0 Å². The molecule has 1 heterocycles. The predicted octanol–water partition coefficient (Wildman–Crippen LogP) is 4.97. The highest BCUT2D eigenvalue weighted by Gasteiger charge is 2.64. The lowest BCUT2D eigenvalue weighted by Crippen LogP contribution is -2.63. The summed E-state index contributed by atoms with van der Waals surface area (Å²) in [7, 11) is 0.647. The molecule has 3 nitrogen and oxygen atoms in total. The van der Waals surface area contributed by atoms with Crippen molar-refractivity contribution in [1.29, 1.82) is 0 Å². The maximum atomic E-state index is 13.3. The highest BCUT2D eigenvalue weighted by molar-refractivity contribution is 7.85. The van der Waals surface area contributed by atoms with Crippen LogP contribution in [0.1, 0.15) is 59.8 Å². The Balaban J connectivity index is 1.78. The summed E-state index contributed by atoms with van der Waals surface area (Å²) < 4.78 is 18.6. The number of methoxy groups -OCH3 is 1. The van der Waals surface area contributed by atoms with E-state index >= 15 is 0 Å². The van der Waals surface area contributed by atoms with E-state index in [-0.39, 0.29) is 22.0 Å². The highest BCUT2D eigenvalue weighted by Crippen LogP contribution is 2.68. The van der Waals surface area contributed by atoms with Gasteiger partial charge >= 0.3 is 0 Å². The molecule has 0 aromatic rings. The van der Waals surface area contributed by atoms with Crippen molar-refractivity contribution in [3.63, 3.8) is 0 Å². The van der Waals surface area contributed by atoms with Crippen molar-refractivity contribution in [1.82, 2.24) is 0 Å². The van der Waals surface area contributed by atoms with E-state index in [1.807, 2.05) is 6.08 Å². The average molecular weight is 379 g/mol. The molecule has 0 aromatic heterocycles. The molecule has 1 aliphatic heterocycles. The molecule has 1 N–H and O–H groups in total. The minimum atomic E-state index is -0.967. The van der Waals surface area contributed by atoms with Crippen LogP contribution in [0.25, 0.3) is 0 Å². The molecule has 26 heavy (non-hydrogen) atoms. The summed E-state index contributed by atoms with van der Waals surface area (Å²) in [6.07, 6.45) is 9.90. The second kappa shape index (κ2) is 5.86. The van der Waals surface area contributed by atoms with Gasteiger partial charge in [0.1, 0.15) is 11.5 Å². The van der Waals surface area contributed by atoms with Crippen molar-refractivity contribution in [3.05, 3.63) is 23.7 Å². The fraction of sp³-hybridized carbons (Fsp3) is 0.818. The van der Waals surface area contributed by atoms with E-state index in [0.717, 1.165) is 12.2 Å². The van der Waals surface area contributed by atoms with Crippen molar-refractivity contribution < 1.29 is 14.1 Å². The van der Waals surface area contributed by atoms with Crippen molar-refractivity contribution in [3.8, 4) is 0 Å². The minimum absolute atomic E-state index is 0.00754. The number of fused-ring (bicyclic) bond motifs is 5. The molecule has 2 saturated carbocycles. The van der Waals surface area contributed by atoms with Crippen LogP contribution in [0.5, 0.6) is 0 Å². The van der Waals surface area contributed by atoms with E-state index < -0.39 is 10.8 Å². The lowest BCUT2D eigenvalue weighted by molar-refractivity contribution is -0.139. The summed E-state index contributed by atoms with van der Waals surface area (Å²) in [6, 6.07) is 0. The van der Waals surface area contributed by atoms with Crippen LogP contribution in [0.4, 0.5) is 0 Å². The summed E-state index contributed by atoms with van der Waals surface area (Å²) in [5.41, 5.74) is 0.592. The van der Waals surface area contributed by atoms with E-state index in [0.29, 0.717) is 28.8 Å². The van der Waals surface area contributed by atoms with Gasteiger partial charge in [0, 0.05) is 28.5 Å². The Morgan fingerprint density at radius 2 is 1.85 bits per heavy atom. The van der Waals surface area contributed by atoms with E-state index in [4.69, 9.17) is 4.74 Å². The third-order valence-corrected chi connectivity index (χ3v) is 10.4. The van der Waals surface area contributed by atoms with Gasteiger partial charge in [-0.2, -0.15) is 0 Å². The van der Waals surface area contributed by atoms with Crippen LogP contribution >= 0.6 is 0 Å². The number of aliphatic hydroxyl groups is 1. The van der Waals surface area contributed by atoms with Crippen molar-refractivity contribution >= 4 is 10.8 Å². The first-order chi connectivity index (χ1) is 12.1. The van der Waals surface area contributed by atoms with Gasteiger partial charge < -0.3 is 9.84 Å². The van der Waals surface area contributed by atoms with Crippen LogP contribution in [0.15, 0.2) is 23.7 Å². The van der Waals surface area contributed by atoms with Gasteiger partial charge in [-0.25, -0.2) is 0 Å². The second-order valence-electron chi connectivity index (χ2n) is 10.3. The number of ether oxygens (including phenoxy) is 1. The van der Waals surface area contributed by atoms with Crippen LogP contribution in [0, 0.1) is 34.0 Å². The summed E-state index contributed by atoms with van der Waals surface area (Å²) in [5.74, 6) is 2.86. The molecule has 4 aliphatic rings. The third kappa shape index (κ3) is 2.40. The first-order valence-electron chi connectivity index (χ1n) is 10.2. The highest BCUT2D eigenvalue weighted by atomic mass is 32.2. The molecular formula is C22H34O3S. The number of allylic oxidation sites excluding steroid dienone is 2. The molecule has 3 unspecified atom stereocenters. The van der Waals surface area contributed by atoms with Gasteiger partial charge in [-0.15, -0.1) is 0 Å². The van der Waals surface area contributed by atoms with Gasteiger partial charge in [-0.1, -0.05) is 34.1 Å². The lowest BCUT2D eigenvalue weighted by Gasteiger charge is -2.66. The first kappa shape index (κ1) is 18.6. The average Bonchev–Trinajstić information content (AvgIpc) is 2.55. The monoisotopic (exact) mass is 378 g/mol. The van der Waals surface area contributed by atoms with Gasteiger partial charge in [0.2, 0.25) is 0 Å². The number of rotatable bonds is 1. The zero-order valence-electron chi connectivity index (χ0n) is 16.9. The van der Waals surface area contributed by atoms with E-state index in [1.165, 1.54) is 25.7 Å². The van der Waals surface area contributed by atoms with Crippen molar-refractivity contribution in [2.24, 2.45) is 34.0 Å². The maximum absolute atomic E-state index is 13.3. The van der Waals surface area contributed by atoms with Crippen LogP contribution in [0.2, 0.25) is 0 Å². The van der Waals surface area contributed by atoms with Gasteiger partial charge in [-0.3, -0.25) is 4.21 Å². The van der Waals surface area contributed by atoms with Crippen LogP contribution in [0.3, 0.4) is 0 Å². The Kier molecular flexibility index (Phi) is 4.19. The Bertz CT molecular complexity index is 694. The summed E-state index contributed by atoms with van der Waals surface area (Å²) >= 11 is 0. The molecule has 7 atom stereocenters. The molecule has 0 radical (unpaired) electrons. The van der Waals surface area contributed by atoms with Gasteiger partial charge in [0.05, 0.1) is 12.4 Å². The lowest BCUT2D eigenvalue weighted by atomic mass is 9.41. The maximum Gasteiger partial charge on any atom is 0.119 e. The SMILES string of the molecule is COC1=CC2C(C(O)=C1)[C@]1(C)CC[C@H]3C(C)(C)CCC[C@]3(C)[C@H]1CS2=O. The van der Waals surface area contributed by atoms with Crippen LogP contribution in [-0.2, 0) is 15.5 Å². The zero-order valence-corrected chi connectivity index (χ0v) is 17.7. The topological polar surface area (TPSA) is 46.5 Å². The third-order valence-electron chi connectivity index (χ3n) is 8.69. The molecule has 1 saturated heterocycles. The minimum Gasteiger partial charge on any atom is -0.512 e. The van der Waals surface area contributed by atoms with E-state index in [2.05, 4.69) is 27.7 Å². The quantitative estimate of drug-likeness (QED) is 0.701. The molecule has 146 valence electrons. The van der Waals surface area contributed by atoms with Gasteiger partial charge in [-0.05, 0) is 59.8 Å². The molecule has 4 heteroatoms. The number of hydrogen-bond donors (Lipinski definition) is 1. The fourth-order valence-corrected chi connectivity index (χ4v) is 9.84. The second-order valence-corrected chi connectivity index (χ2v) is 12.0. The van der Waals surface area contributed by atoms with E-state index in [1.54, 1.807) is 13.2 Å². The molecule has 0 bridgehead atoms. The summed E-state index contributed by atoms with van der Waals surface area (Å²) in [6.45, 7) is 9.71. The normalized spacial score (nSPS) is 49.8. The smallest absolute Gasteiger partial charge is 0.119 e. The number of hydrogen-bond acceptors (Lipinski definition) is 3. The van der Waals surface area contributed by atoms with Gasteiger partial charge in [0.15, 0.2) is 0 Å². The first-order valence-corrected chi connectivity index (χ1v) is 11.6. The zero-order chi connectivity index (χ0) is 18.9. The molecule has 3 aliphatic carbocycles. The Labute approximate surface area is 160 Å². The fourth-order valence-electron chi connectivity index (χ4n) is 7.49. The van der Waals surface area contributed by atoms with E-state index in [9.17, 15) is 9.32 Å². The molecule has 3 fully saturated rings. The molecule has 0 aromatic carbocycles. The molecular weight excluding hydrogens is 344 g/mol. The van der Waals surface area contributed by atoms with Crippen LogP contribution < -0.4 is 0 Å². The summed E-state index contributed by atoms with van der Waals surface area (Å²) in [4.78, 5) is 0. The molecule has 4 rings (SSSR count).